The first-order chi connectivity index (χ1) is 11.3. The van der Waals surface area contributed by atoms with Gasteiger partial charge in [0.05, 0.1) is 12.5 Å². The van der Waals surface area contributed by atoms with Gasteiger partial charge in [0.2, 0.25) is 11.6 Å². The fourth-order valence-electron chi connectivity index (χ4n) is 3.70. The van der Waals surface area contributed by atoms with Crippen LogP contribution in [0, 0.1) is 32.6 Å². The number of ether oxygens (including phenoxy) is 1. The monoisotopic (exact) mass is 330 g/mol. The summed E-state index contributed by atoms with van der Waals surface area (Å²) in [6.07, 6.45) is 2.40. The van der Waals surface area contributed by atoms with Gasteiger partial charge in [-0.3, -0.25) is 14.4 Å². The lowest BCUT2D eigenvalue weighted by Gasteiger charge is -2.26. The molecule has 24 heavy (non-hydrogen) atoms. The van der Waals surface area contributed by atoms with E-state index in [2.05, 4.69) is 0 Å². The van der Waals surface area contributed by atoms with Gasteiger partial charge in [0, 0.05) is 11.5 Å². The molecule has 1 aliphatic carbocycles. The summed E-state index contributed by atoms with van der Waals surface area (Å²) in [5.74, 6) is -1.29. The molecule has 1 aliphatic rings. The number of carbonyl (C=O) groups is 3. The zero-order chi connectivity index (χ0) is 17.9. The normalized spacial score (nSPS) is 20.5. The van der Waals surface area contributed by atoms with E-state index in [9.17, 15) is 14.4 Å². The van der Waals surface area contributed by atoms with Crippen LogP contribution in [-0.2, 0) is 14.3 Å². The van der Waals surface area contributed by atoms with Crippen molar-refractivity contribution in [2.45, 2.75) is 53.4 Å². The Morgan fingerprint density at radius 3 is 1.96 bits per heavy atom. The molecule has 0 spiro atoms. The lowest BCUT2D eigenvalue weighted by atomic mass is 9.78. The molecule has 0 aliphatic heterocycles. The number of Topliss-reactive ketones (excluding diaryl/α,β-unsaturated/α-hetero) is 2. The first-order valence-electron chi connectivity index (χ1n) is 8.68. The molecule has 0 unspecified atom stereocenters. The summed E-state index contributed by atoms with van der Waals surface area (Å²) in [4.78, 5) is 37.1. The molecule has 1 aromatic carbocycles. The minimum Gasteiger partial charge on any atom is -0.466 e. The van der Waals surface area contributed by atoms with Crippen LogP contribution in [0.15, 0.2) is 12.1 Å². The second-order valence-corrected chi connectivity index (χ2v) is 6.77. The SMILES string of the molecule is CCOC(=O)C1CCC(C(=O)C(=O)c2c(C)cc(C)cc2C)CC1. The Labute approximate surface area is 143 Å². The van der Waals surface area contributed by atoms with Gasteiger partial charge in [-0.2, -0.15) is 0 Å². The number of rotatable bonds is 5. The molecule has 1 saturated carbocycles. The van der Waals surface area contributed by atoms with Crippen LogP contribution < -0.4 is 0 Å². The van der Waals surface area contributed by atoms with E-state index < -0.39 is 0 Å². The molecule has 4 nitrogen and oxygen atoms in total. The molecule has 2 rings (SSSR count). The highest BCUT2D eigenvalue weighted by Gasteiger charge is 2.34. The summed E-state index contributed by atoms with van der Waals surface area (Å²) < 4.78 is 5.05. The van der Waals surface area contributed by atoms with E-state index in [1.807, 2.05) is 32.9 Å². The van der Waals surface area contributed by atoms with Crippen LogP contribution in [0.25, 0.3) is 0 Å². The van der Waals surface area contributed by atoms with Crippen LogP contribution in [0.1, 0.15) is 59.7 Å². The standard InChI is InChI=1S/C20H26O4/c1-5-24-20(23)16-8-6-15(7-9-16)18(21)19(22)17-13(3)10-12(2)11-14(17)4/h10-11,15-16H,5-9H2,1-4H3. The van der Waals surface area contributed by atoms with Gasteiger partial charge in [0.25, 0.3) is 0 Å². The molecule has 0 amide bonds. The molecular weight excluding hydrogens is 304 g/mol. The smallest absolute Gasteiger partial charge is 0.308 e. The van der Waals surface area contributed by atoms with E-state index in [4.69, 9.17) is 4.74 Å². The Morgan fingerprint density at radius 2 is 1.46 bits per heavy atom. The molecule has 130 valence electrons. The second kappa shape index (κ2) is 7.73. The van der Waals surface area contributed by atoms with Crippen molar-refractivity contribution in [2.75, 3.05) is 6.61 Å². The van der Waals surface area contributed by atoms with E-state index in [-0.39, 0.29) is 29.4 Å². The molecule has 0 N–H and O–H groups in total. The summed E-state index contributed by atoms with van der Waals surface area (Å²) >= 11 is 0. The number of carbonyl (C=O) groups excluding carboxylic acids is 3. The highest BCUT2D eigenvalue weighted by atomic mass is 16.5. The third-order valence-electron chi connectivity index (χ3n) is 4.85. The molecule has 0 radical (unpaired) electrons. The fraction of sp³-hybridized carbons (Fsp3) is 0.550. The largest absolute Gasteiger partial charge is 0.466 e. The Bertz CT molecular complexity index is 629. The van der Waals surface area contributed by atoms with Crippen molar-refractivity contribution >= 4 is 17.5 Å². The van der Waals surface area contributed by atoms with Crippen LogP contribution in [-0.4, -0.2) is 24.1 Å². The summed E-state index contributed by atoms with van der Waals surface area (Å²) in [5.41, 5.74) is 3.33. The molecule has 1 aromatic rings. The van der Waals surface area contributed by atoms with Gasteiger partial charge in [-0.25, -0.2) is 0 Å². The zero-order valence-electron chi connectivity index (χ0n) is 15.0. The maximum atomic E-state index is 12.7. The van der Waals surface area contributed by atoms with Crippen molar-refractivity contribution in [3.63, 3.8) is 0 Å². The van der Waals surface area contributed by atoms with Gasteiger partial charge >= 0.3 is 5.97 Å². The van der Waals surface area contributed by atoms with Crippen LogP contribution in [0.3, 0.4) is 0 Å². The van der Waals surface area contributed by atoms with Gasteiger partial charge in [0.15, 0.2) is 0 Å². The van der Waals surface area contributed by atoms with E-state index in [0.717, 1.165) is 16.7 Å². The lowest BCUT2D eigenvalue weighted by Crippen LogP contribution is -2.31. The molecule has 0 atom stereocenters. The molecule has 0 aromatic heterocycles. The van der Waals surface area contributed by atoms with Gasteiger partial charge in [-0.05, 0) is 64.5 Å². The van der Waals surface area contributed by atoms with Crippen molar-refractivity contribution in [2.24, 2.45) is 11.8 Å². The number of hydrogen-bond donors (Lipinski definition) is 0. The maximum absolute atomic E-state index is 12.7. The first kappa shape index (κ1) is 18.4. The van der Waals surface area contributed by atoms with Gasteiger partial charge < -0.3 is 4.74 Å². The average Bonchev–Trinajstić information content (AvgIpc) is 2.53. The van der Waals surface area contributed by atoms with Crippen LogP contribution >= 0.6 is 0 Å². The van der Waals surface area contributed by atoms with E-state index in [1.54, 1.807) is 6.92 Å². The average molecular weight is 330 g/mol. The second-order valence-electron chi connectivity index (χ2n) is 6.77. The zero-order valence-corrected chi connectivity index (χ0v) is 15.0. The predicted molar refractivity (Wildman–Crippen MR) is 92.1 cm³/mol. The molecule has 0 bridgehead atoms. The number of hydrogen-bond acceptors (Lipinski definition) is 4. The van der Waals surface area contributed by atoms with Crippen molar-refractivity contribution in [1.82, 2.24) is 0 Å². The Kier molecular flexibility index (Phi) is 5.92. The predicted octanol–water partition coefficient (Wildman–Crippen LogP) is 3.73. The van der Waals surface area contributed by atoms with Crippen molar-refractivity contribution in [1.29, 1.82) is 0 Å². The topological polar surface area (TPSA) is 60.4 Å². The minimum absolute atomic E-state index is 0.132. The van der Waals surface area contributed by atoms with Gasteiger partial charge in [-0.15, -0.1) is 0 Å². The number of ketones is 2. The van der Waals surface area contributed by atoms with E-state index in [0.29, 0.717) is 37.9 Å². The highest BCUT2D eigenvalue weighted by Crippen LogP contribution is 2.31. The van der Waals surface area contributed by atoms with Crippen LogP contribution in [0.2, 0.25) is 0 Å². The molecule has 0 heterocycles. The number of aryl methyl sites for hydroxylation is 3. The van der Waals surface area contributed by atoms with Gasteiger partial charge in [-0.1, -0.05) is 17.7 Å². The van der Waals surface area contributed by atoms with Crippen molar-refractivity contribution in [3.05, 3.63) is 34.4 Å². The molecule has 1 fully saturated rings. The lowest BCUT2D eigenvalue weighted by molar-refractivity contribution is -0.149. The maximum Gasteiger partial charge on any atom is 0.308 e. The highest BCUT2D eigenvalue weighted by molar-refractivity contribution is 6.45. The minimum atomic E-state index is -0.385. The van der Waals surface area contributed by atoms with Crippen molar-refractivity contribution < 1.29 is 19.1 Å². The third kappa shape index (κ3) is 3.92. The Hall–Kier alpha value is -1.97. The van der Waals surface area contributed by atoms with Crippen LogP contribution in [0.4, 0.5) is 0 Å². The number of esters is 1. The van der Waals surface area contributed by atoms with Crippen LogP contribution in [0.5, 0.6) is 0 Å². The summed E-state index contributed by atoms with van der Waals surface area (Å²) in [5, 5.41) is 0. The summed E-state index contributed by atoms with van der Waals surface area (Å²) in [7, 11) is 0. The Morgan fingerprint density at radius 1 is 0.958 bits per heavy atom. The summed E-state index contributed by atoms with van der Waals surface area (Å²) in [6, 6.07) is 3.87. The molecule has 0 saturated heterocycles. The van der Waals surface area contributed by atoms with Gasteiger partial charge in [0.1, 0.15) is 0 Å². The Balaban J connectivity index is 2.06. The first-order valence-corrected chi connectivity index (χ1v) is 8.68. The quantitative estimate of drug-likeness (QED) is 0.469. The van der Waals surface area contributed by atoms with E-state index >= 15 is 0 Å². The third-order valence-corrected chi connectivity index (χ3v) is 4.85. The fourth-order valence-corrected chi connectivity index (χ4v) is 3.70. The number of benzene rings is 1. The van der Waals surface area contributed by atoms with Crippen molar-refractivity contribution in [3.8, 4) is 0 Å². The summed E-state index contributed by atoms with van der Waals surface area (Å²) in [6.45, 7) is 7.89. The van der Waals surface area contributed by atoms with E-state index in [1.165, 1.54) is 0 Å². The molecule has 4 heteroatoms. The molecular formula is C20H26O4.